The predicted molar refractivity (Wildman–Crippen MR) is 63.0 cm³/mol. The zero-order chi connectivity index (χ0) is 11.7. The Morgan fingerprint density at radius 1 is 1.12 bits per heavy atom. The van der Waals surface area contributed by atoms with Gasteiger partial charge in [0.2, 0.25) is 0 Å². The number of hydrogen-bond donors (Lipinski definition) is 2. The summed E-state index contributed by atoms with van der Waals surface area (Å²) < 4.78 is 1.65. The molecule has 1 aliphatic carbocycles. The van der Waals surface area contributed by atoms with Gasteiger partial charge in [-0.1, -0.05) is 0 Å². The van der Waals surface area contributed by atoms with Gasteiger partial charge < -0.3 is 15.1 Å². The minimum Gasteiger partial charge on any atom is -0.494 e. The summed E-state index contributed by atoms with van der Waals surface area (Å²) in [6.45, 7) is 1.64. The SMILES string of the molecule is CN(C)CCCn1c(O)c2c(c1O)CCC2. The van der Waals surface area contributed by atoms with E-state index in [0.717, 1.165) is 43.4 Å². The fourth-order valence-electron chi connectivity index (χ4n) is 2.42. The second-order valence-corrected chi connectivity index (χ2v) is 4.77. The van der Waals surface area contributed by atoms with E-state index in [1.165, 1.54) is 0 Å². The van der Waals surface area contributed by atoms with E-state index in [1.807, 2.05) is 14.1 Å². The van der Waals surface area contributed by atoms with Gasteiger partial charge in [0.05, 0.1) is 0 Å². The highest BCUT2D eigenvalue weighted by molar-refractivity contribution is 5.47. The van der Waals surface area contributed by atoms with Crippen LogP contribution in [0.4, 0.5) is 0 Å². The molecule has 0 amide bonds. The number of aromatic nitrogens is 1. The van der Waals surface area contributed by atoms with E-state index in [1.54, 1.807) is 4.57 Å². The number of rotatable bonds is 4. The lowest BCUT2D eigenvalue weighted by atomic mass is 10.2. The third-order valence-electron chi connectivity index (χ3n) is 3.26. The number of hydrogen-bond acceptors (Lipinski definition) is 3. The van der Waals surface area contributed by atoms with E-state index < -0.39 is 0 Å². The van der Waals surface area contributed by atoms with Crippen LogP contribution >= 0.6 is 0 Å². The minimum absolute atomic E-state index is 0.281. The molecule has 0 radical (unpaired) electrons. The molecule has 0 saturated carbocycles. The molecule has 16 heavy (non-hydrogen) atoms. The molecule has 4 nitrogen and oxygen atoms in total. The molecule has 90 valence electrons. The molecular formula is C12H20N2O2. The molecule has 0 unspecified atom stereocenters. The first kappa shape index (κ1) is 11.3. The zero-order valence-corrected chi connectivity index (χ0v) is 10.0. The summed E-state index contributed by atoms with van der Waals surface area (Å²) in [7, 11) is 4.05. The molecule has 0 atom stereocenters. The van der Waals surface area contributed by atoms with Crippen molar-refractivity contribution in [1.82, 2.24) is 9.47 Å². The Balaban J connectivity index is 2.10. The second kappa shape index (κ2) is 4.37. The van der Waals surface area contributed by atoms with Crippen LogP contribution < -0.4 is 0 Å². The first-order valence-corrected chi connectivity index (χ1v) is 5.88. The molecule has 0 saturated heterocycles. The maximum atomic E-state index is 9.99. The molecule has 2 N–H and O–H groups in total. The predicted octanol–water partition coefficient (Wildman–Crippen LogP) is 1.34. The molecule has 0 aliphatic heterocycles. The lowest BCUT2D eigenvalue weighted by Crippen LogP contribution is -2.15. The Morgan fingerprint density at radius 2 is 1.69 bits per heavy atom. The molecule has 1 aliphatic rings. The largest absolute Gasteiger partial charge is 0.494 e. The Labute approximate surface area is 96.1 Å². The average Bonchev–Trinajstić information content (AvgIpc) is 2.77. The molecule has 1 heterocycles. The van der Waals surface area contributed by atoms with E-state index in [9.17, 15) is 10.2 Å². The van der Waals surface area contributed by atoms with E-state index in [-0.39, 0.29) is 11.8 Å². The van der Waals surface area contributed by atoms with Gasteiger partial charge in [-0.2, -0.15) is 0 Å². The van der Waals surface area contributed by atoms with Crippen LogP contribution in [0.3, 0.4) is 0 Å². The van der Waals surface area contributed by atoms with Gasteiger partial charge in [0, 0.05) is 17.7 Å². The Bertz CT molecular complexity index is 355. The summed E-state index contributed by atoms with van der Waals surface area (Å²) in [4.78, 5) is 2.10. The molecule has 1 aromatic rings. The first-order chi connectivity index (χ1) is 7.61. The molecule has 0 bridgehead atoms. The Hall–Kier alpha value is -1.16. The van der Waals surface area contributed by atoms with Crippen molar-refractivity contribution in [2.45, 2.75) is 32.2 Å². The highest BCUT2D eigenvalue weighted by atomic mass is 16.3. The monoisotopic (exact) mass is 224 g/mol. The van der Waals surface area contributed by atoms with Crippen molar-refractivity contribution < 1.29 is 10.2 Å². The Kier molecular flexibility index (Phi) is 3.10. The van der Waals surface area contributed by atoms with E-state index in [2.05, 4.69) is 4.90 Å². The van der Waals surface area contributed by atoms with Crippen LogP contribution in [0.5, 0.6) is 11.8 Å². The molecule has 0 aromatic carbocycles. The van der Waals surface area contributed by atoms with Gasteiger partial charge in [-0.25, -0.2) is 0 Å². The minimum atomic E-state index is 0.281. The third-order valence-corrected chi connectivity index (χ3v) is 3.26. The van der Waals surface area contributed by atoms with Crippen LogP contribution in [0.1, 0.15) is 24.0 Å². The van der Waals surface area contributed by atoms with E-state index in [4.69, 9.17) is 0 Å². The highest BCUT2D eigenvalue weighted by Crippen LogP contribution is 2.39. The van der Waals surface area contributed by atoms with E-state index >= 15 is 0 Å². The van der Waals surface area contributed by atoms with Crippen molar-refractivity contribution in [3.8, 4) is 11.8 Å². The van der Waals surface area contributed by atoms with Crippen LogP contribution in [-0.2, 0) is 19.4 Å². The van der Waals surface area contributed by atoms with Crippen LogP contribution in [0.25, 0.3) is 0 Å². The average molecular weight is 224 g/mol. The molecular weight excluding hydrogens is 204 g/mol. The van der Waals surface area contributed by atoms with E-state index in [0.29, 0.717) is 6.54 Å². The third kappa shape index (κ3) is 1.89. The second-order valence-electron chi connectivity index (χ2n) is 4.77. The normalized spacial score (nSPS) is 14.7. The number of fused-ring (bicyclic) bond motifs is 1. The van der Waals surface area contributed by atoms with Gasteiger partial charge >= 0.3 is 0 Å². The van der Waals surface area contributed by atoms with Crippen molar-refractivity contribution in [2.24, 2.45) is 0 Å². The van der Waals surface area contributed by atoms with Crippen LogP contribution in [0.2, 0.25) is 0 Å². The smallest absolute Gasteiger partial charge is 0.197 e. The van der Waals surface area contributed by atoms with Gasteiger partial charge in [-0.15, -0.1) is 0 Å². The highest BCUT2D eigenvalue weighted by Gasteiger charge is 2.25. The molecule has 2 rings (SSSR count). The van der Waals surface area contributed by atoms with Crippen molar-refractivity contribution in [3.63, 3.8) is 0 Å². The maximum absolute atomic E-state index is 9.99. The molecule has 0 fully saturated rings. The fraction of sp³-hybridized carbons (Fsp3) is 0.667. The van der Waals surface area contributed by atoms with Gasteiger partial charge in [0.25, 0.3) is 0 Å². The lowest BCUT2D eigenvalue weighted by Gasteiger charge is -2.11. The fourth-order valence-corrected chi connectivity index (χ4v) is 2.42. The summed E-state index contributed by atoms with van der Waals surface area (Å²) in [5, 5.41) is 20.0. The Morgan fingerprint density at radius 3 is 2.19 bits per heavy atom. The summed E-state index contributed by atoms with van der Waals surface area (Å²) in [6.07, 6.45) is 3.77. The zero-order valence-electron chi connectivity index (χ0n) is 10.0. The van der Waals surface area contributed by atoms with Gasteiger partial charge in [-0.05, 0) is 46.3 Å². The topological polar surface area (TPSA) is 48.6 Å². The number of nitrogens with zero attached hydrogens (tertiary/aromatic N) is 2. The van der Waals surface area contributed by atoms with Crippen molar-refractivity contribution in [1.29, 1.82) is 0 Å². The van der Waals surface area contributed by atoms with Crippen LogP contribution in [0, 0.1) is 0 Å². The lowest BCUT2D eigenvalue weighted by molar-refractivity contribution is 0.337. The van der Waals surface area contributed by atoms with Gasteiger partial charge in [0.1, 0.15) is 0 Å². The summed E-state index contributed by atoms with van der Waals surface area (Å²) in [5.74, 6) is 0.563. The maximum Gasteiger partial charge on any atom is 0.197 e. The number of aromatic hydroxyl groups is 2. The standard InChI is InChI=1S/C12H20N2O2/c1-13(2)7-4-8-14-11(15)9-5-3-6-10(9)12(14)16/h15-16H,3-8H2,1-2H3. The molecule has 1 aromatic heterocycles. The van der Waals surface area contributed by atoms with Gasteiger partial charge in [0.15, 0.2) is 11.8 Å². The molecule has 0 spiro atoms. The quantitative estimate of drug-likeness (QED) is 0.811. The van der Waals surface area contributed by atoms with Crippen molar-refractivity contribution in [3.05, 3.63) is 11.1 Å². The van der Waals surface area contributed by atoms with Gasteiger partial charge in [-0.3, -0.25) is 4.57 Å². The summed E-state index contributed by atoms with van der Waals surface area (Å²) in [6, 6.07) is 0. The van der Waals surface area contributed by atoms with Crippen LogP contribution in [0.15, 0.2) is 0 Å². The summed E-state index contributed by atoms with van der Waals surface area (Å²) >= 11 is 0. The van der Waals surface area contributed by atoms with Crippen molar-refractivity contribution in [2.75, 3.05) is 20.6 Å². The van der Waals surface area contributed by atoms with Crippen LogP contribution in [-0.4, -0.2) is 40.3 Å². The van der Waals surface area contributed by atoms with Crippen molar-refractivity contribution >= 4 is 0 Å². The summed E-state index contributed by atoms with van der Waals surface area (Å²) in [5.41, 5.74) is 1.92. The molecule has 4 heteroatoms. The first-order valence-electron chi connectivity index (χ1n) is 5.88.